The van der Waals surface area contributed by atoms with Crippen molar-refractivity contribution < 1.29 is 14.5 Å². The zero-order valence-electron chi connectivity index (χ0n) is 14.5. The third-order valence-corrected chi connectivity index (χ3v) is 4.93. The normalized spacial score (nSPS) is 14.2. The number of carbonyl (C=O) groups is 1. The van der Waals surface area contributed by atoms with Gasteiger partial charge in [0.2, 0.25) is 0 Å². The second kappa shape index (κ2) is 8.02. The lowest BCUT2D eigenvalue weighted by molar-refractivity contribution is -0.384. The topological polar surface area (TPSA) is 75.9 Å². The number of amides is 1. The van der Waals surface area contributed by atoms with Crippen molar-refractivity contribution in [1.29, 1.82) is 0 Å². The highest BCUT2D eigenvalue weighted by Crippen LogP contribution is 2.33. The van der Waals surface area contributed by atoms with Crippen molar-refractivity contribution >= 4 is 40.5 Å². The highest BCUT2D eigenvalue weighted by atomic mass is 35.5. The Morgan fingerprint density at radius 3 is 2.30 bits per heavy atom. The molecule has 0 bridgehead atoms. The van der Waals surface area contributed by atoms with Crippen molar-refractivity contribution in [1.82, 2.24) is 4.90 Å². The van der Waals surface area contributed by atoms with Crippen LogP contribution in [0.2, 0.25) is 10.0 Å². The maximum absolute atomic E-state index is 12.9. The number of benzene rings is 2. The molecule has 1 saturated heterocycles. The van der Waals surface area contributed by atoms with E-state index >= 15 is 0 Å². The molecule has 1 fully saturated rings. The number of non-ortho nitro benzene ring substituents is 1. The molecule has 2 aromatic carbocycles. The van der Waals surface area contributed by atoms with Crippen molar-refractivity contribution in [3.8, 4) is 5.75 Å². The standard InChI is InChI=1S/C18H17Cl2N3O4/c1-27-17-15(10-12(19)11-16(17)20)18(24)22-8-6-21(7-9-22)13-2-4-14(5-3-13)23(25)26/h2-5,10-11H,6-9H2,1H3. The van der Waals surface area contributed by atoms with Crippen LogP contribution < -0.4 is 9.64 Å². The lowest BCUT2D eigenvalue weighted by Crippen LogP contribution is -2.48. The summed E-state index contributed by atoms with van der Waals surface area (Å²) in [7, 11) is 1.46. The maximum Gasteiger partial charge on any atom is 0.269 e. The van der Waals surface area contributed by atoms with Crippen molar-refractivity contribution in [3.05, 3.63) is 62.1 Å². The summed E-state index contributed by atoms with van der Waals surface area (Å²) < 4.78 is 5.26. The van der Waals surface area contributed by atoms with Crippen molar-refractivity contribution in [2.24, 2.45) is 0 Å². The average Bonchev–Trinajstić information content (AvgIpc) is 2.67. The molecule has 1 heterocycles. The third-order valence-electron chi connectivity index (χ3n) is 4.44. The SMILES string of the molecule is COc1c(Cl)cc(Cl)cc1C(=O)N1CCN(c2ccc([N+](=O)[O-])cc2)CC1. The minimum absolute atomic E-state index is 0.0532. The van der Waals surface area contributed by atoms with Gasteiger partial charge in [-0.1, -0.05) is 23.2 Å². The van der Waals surface area contributed by atoms with E-state index in [0.717, 1.165) is 5.69 Å². The first-order chi connectivity index (χ1) is 12.9. The van der Waals surface area contributed by atoms with Gasteiger partial charge in [0.15, 0.2) is 0 Å². The smallest absolute Gasteiger partial charge is 0.269 e. The summed E-state index contributed by atoms with van der Waals surface area (Å²) in [5.41, 5.74) is 1.27. The Hall–Kier alpha value is -2.51. The number of hydrogen-bond acceptors (Lipinski definition) is 5. The van der Waals surface area contributed by atoms with Gasteiger partial charge in [0, 0.05) is 49.0 Å². The summed E-state index contributed by atoms with van der Waals surface area (Å²) in [6.07, 6.45) is 0. The monoisotopic (exact) mass is 409 g/mol. The quantitative estimate of drug-likeness (QED) is 0.565. The predicted octanol–water partition coefficient (Wildman–Crippen LogP) is 3.87. The van der Waals surface area contributed by atoms with E-state index in [-0.39, 0.29) is 16.6 Å². The molecule has 0 aromatic heterocycles. The van der Waals surface area contributed by atoms with Crippen LogP contribution in [-0.4, -0.2) is 49.0 Å². The molecule has 0 atom stereocenters. The first-order valence-corrected chi connectivity index (χ1v) is 8.98. The number of ether oxygens (including phenoxy) is 1. The van der Waals surface area contributed by atoms with E-state index in [1.54, 1.807) is 23.1 Å². The van der Waals surface area contributed by atoms with Gasteiger partial charge in [0.25, 0.3) is 11.6 Å². The number of halogens is 2. The number of piperazine rings is 1. The molecule has 27 heavy (non-hydrogen) atoms. The summed E-state index contributed by atoms with van der Waals surface area (Å²) in [5, 5.41) is 11.4. The van der Waals surface area contributed by atoms with E-state index in [0.29, 0.717) is 42.5 Å². The Morgan fingerprint density at radius 1 is 1.11 bits per heavy atom. The van der Waals surface area contributed by atoms with Crippen LogP contribution in [0.15, 0.2) is 36.4 Å². The maximum atomic E-state index is 12.9. The molecule has 7 nitrogen and oxygen atoms in total. The molecule has 0 unspecified atom stereocenters. The predicted molar refractivity (Wildman–Crippen MR) is 104 cm³/mol. The molecule has 0 aliphatic carbocycles. The number of anilines is 1. The summed E-state index contributed by atoms with van der Waals surface area (Å²) >= 11 is 12.2. The molecule has 142 valence electrons. The van der Waals surface area contributed by atoms with E-state index in [9.17, 15) is 14.9 Å². The Bertz CT molecular complexity index is 866. The van der Waals surface area contributed by atoms with Gasteiger partial charge in [-0.25, -0.2) is 0 Å². The molecule has 3 rings (SSSR count). The molecule has 2 aromatic rings. The van der Waals surface area contributed by atoms with Crippen molar-refractivity contribution in [2.45, 2.75) is 0 Å². The van der Waals surface area contributed by atoms with Crippen LogP contribution in [-0.2, 0) is 0 Å². The molecule has 9 heteroatoms. The van der Waals surface area contributed by atoms with Gasteiger partial charge in [-0.3, -0.25) is 14.9 Å². The van der Waals surface area contributed by atoms with E-state index in [4.69, 9.17) is 27.9 Å². The zero-order valence-corrected chi connectivity index (χ0v) is 16.0. The molecule has 0 radical (unpaired) electrons. The number of nitrogens with zero attached hydrogens (tertiary/aromatic N) is 3. The van der Waals surface area contributed by atoms with Crippen LogP contribution in [0.4, 0.5) is 11.4 Å². The third kappa shape index (κ3) is 4.09. The molecule has 0 saturated carbocycles. The Balaban J connectivity index is 1.70. The zero-order chi connectivity index (χ0) is 19.6. The number of hydrogen-bond donors (Lipinski definition) is 0. The number of nitro benzene ring substituents is 1. The Morgan fingerprint density at radius 2 is 1.74 bits per heavy atom. The van der Waals surface area contributed by atoms with Crippen LogP contribution in [0.25, 0.3) is 0 Å². The largest absolute Gasteiger partial charge is 0.494 e. The van der Waals surface area contributed by atoms with Crippen LogP contribution >= 0.6 is 23.2 Å². The van der Waals surface area contributed by atoms with Gasteiger partial charge in [-0.15, -0.1) is 0 Å². The van der Waals surface area contributed by atoms with Gasteiger partial charge >= 0.3 is 0 Å². The van der Waals surface area contributed by atoms with Gasteiger partial charge in [-0.2, -0.15) is 0 Å². The van der Waals surface area contributed by atoms with Crippen LogP contribution in [0, 0.1) is 10.1 Å². The number of nitro groups is 1. The highest BCUT2D eigenvalue weighted by molar-refractivity contribution is 6.36. The van der Waals surface area contributed by atoms with Crippen molar-refractivity contribution in [2.75, 3.05) is 38.2 Å². The van der Waals surface area contributed by atoms with E-state index in [1.807, 2.05) is 0 Å². The van der Waals surface area contributed by atoms with Gasteiger partial charge in [0.05, 0.1) is 22.6 Å². The number of rotatable bonds is 4. The minimum atomic E-state index is -0.427. The average molecular weight is 410 g/mol. The van der Waals surface area contributed by atoms with Crippen LogP contribution in [0.3, 0.4) is 0 Å². The van der Waals surface area contributed by atoms with Gasteiger partial charge in [0.1, 0.15) is 5.75 Å². The second-order valence-electron chi connectivity index (χ2n) is 6.02. The summed E-state index contributed by atoms with van der Waals surface area (Å²) in [4.78, 5) is 27.0. The van der Waals surface area contributed by atoms with E-state index < -0.39 is 4.92 Å². The number of methoxy groups -OCH3 is 1. The molecule has 1 aliphatic rings. The highest BCUT2D eigenvalue weighted by Gasteiger charge is 2.26. The summed E-state index contributed by atoms with van der Waals surface area (Å²) in [5.74, 6) is 0.114. The fraction of sp³-hybridized carbons (Fsp3) is 0.278. The molecular formula is C18H17Cl2N3O4. The minimum Gasteiger partial charge on any atom is -0.494 e. The second-order valence-corrected chi connectivity index (χ2v) is 6.86. The number of carbonyl (C=O) groups excluding carboxylic acids is 1. The molecular weight excluding hydrogens is 393 g/mol. The van der Waals surface area contributed by atoms with Crippen LogP contribution in [0.5, 0.6) is 5.75 Å². The summed E-state index contributed by atoms with van der Waals surface area (Å²) in [6.45, 7) is 2.23. The fourth-order valence-electron chi connectivity index (χ4n) is 3.05. The van der Waals surface area contributed by atoms with Crippen LogP contribution in [0.1, 0.15) is 10.4 Å². The lowest BCUT2D eigenvalue weighted by atomic mass is 10.1. The summed E-state index contributed by atoms with van der Waals surface area (Å²) in [6, 6.07) is 9.48. The Kier molecular flexibility index (Phi) is 5.72. The molecule has 0 N–H and O–H groups in total. The van der Waals surface area contributed by atoms with Gasteiger partial charge < -0.3 is 14.5 Å². The fourth-order valence-corrected chi connectivity index (χ4v) is 3.62. The molecule has 0 spiro atoms. The van der Waals surface area contributed by atoms with Gasteiger partial charge in [-0.05, 0) is 24.3 Å². The molecule has 1 amide bonds. The first-order valence-electron chi connectivity index (χ1n) is 8.22. The van der Waals surface area contributed by atoms with Crippen molar-refractivity contribution in [3.63, 3.8) is 0 Å². The lowest BCUT2D eigenvalue weighted by Gasteiger charge is -2.36. The first kappa shape index (κ1) is 19.3. The van der Waals surface area contributed by atoms with E-state index in [2.05, 4.69) is 4.90 Å². The van der Waals surface area contributed by atoms with E-state index in [1.165, 1.54) is 25.3 Å². The Labute approximate surface area is 166 Å². The molecule has 1 aliphatic heterocycles.